The molecule has 0 spiro atoms. The second-order valence-electron chi connectivity index (χ2n) is 7.62. The summed E-state index contributed by atoms with van der Waals surface area (Å²) >= 11 is 0. The van der Waals surface area contributed by atoms with E-state index in [1.807, 2.05) is 0 Å². The lowest BCUT2D eigenvalue weighted by Gasteiger charge is -2.30. The number of hydrogen-bond donors (Lipinski definition) is 4. The average Bonchev–Trinajstić information content (AvgIpc) is 2.63. The number of carbonyl (C=O) groups excluding carboxylic acids is 1. The zero-order chi connectivity index (χ0) is 19.2. The number of aliphatic hydroxyl groups excluding tert-OH is 1. The molecule has 146 valence electrons. The van der Waals surface area contributed by atoms with Gasteiger partial charge in [-0.05, 0) is 51.4 Å². The number of anilines is 2. The Morgan fingerprint density at radius 1 is 1.15 bits per heavy atom. The standard InChI is InChI=1S/C19H28N6O2/c1-12(26)22-14-5-7-15(8-6-14)24-19-21-11-13(10-20)18(25-19)23-16-3-2-4-17(27)9-16/h11,14-17,27H,2-9H2,1H3,(H,22,26)(H2,21,23,24,25)/t14-,15-,16-,17-/m1/s1. The van der Waals surface area contributed by atoms with Gasteiger partial charge in [0.25, 0.3) is 0 Å². The topological polar surface area (TPSA) is 123 Å². The number of aromatic nitrogens is 2. The van der Waals surface area contributed by atoms with Crippen LogP contribution in [-0.4, -0.2) is 45.2 Å². The molecule has 2 atom stereocenters. The van der Waals surface area contributed by atoms with E-state index in [0.717, 1.165) is 44.9 Å². The predicted molar refractivity (Wildman–Crippen MR) is 102 cm³/mol. The van der Waals surface area contributed by atoms with Crippen LogP contribution >= 0.6 is 0 Å². The summed E-state index contributed by atoms with van der Waals surface area (Å²) in [4.78, 5) is 20.0. The minimum Gasteiger partial charge on any atom is -0.393 e. The van der Waals surface area contributed by atoms with Crippen LogP contribution < -0.4 is 16.0 Å². The Labute approximate surface area is 159 Å². The highest BCUT2D eigenvalue weighted by atomic mass is 16.3. The third-order valence-electron chi connectivity index (χ3n) is 5.36. The molecule has 8 nitrogen and oxygen atoms in total. The summed E-state index contributed by atoms with van der Waals surface area (Å²) in [5, 5.41) is 28.8. The molecular weight excluding hydrogens is 344 g/mol. The number of nitrogens with one attached hydrogen (secondary N) is 3. The third-order valence-corrected chi connectivity index (χ3v) is 5.36. The number of hydrogen-bond acceptors (Lipinski definition) is 7. The highest BCUT2D eigenvalue weighted by molar-refractivity contribution is 5.73. The molecule has 0 radical (unpaired) electrons. The van der Waals surface area contributed by atoms with E-state index in [9.17, 15) is 15.2 Å². The van der Waals surface area contributed by atoms with Crippen LogP contribution in [0.3, 0.4) is 0 Å². The van der Waals surface area contributed by atoms with Crippen molar-refractivity contribution < 1.29 is 9.90 Å². The van der Waals surface area contributed by atoms with Crippen LogP contribution in [0.25, 0.3) is 0 Å². The second-order valence-corrected chi connectivity index (χ2v) is 7.62. The number of aliphatic hydroxyl groups is 1. The van der Waals surface area contributed by atoms with Crippen molar-refractivity contribution in [2.75, 3.05) is 10.6 Å². The molecule has 2 aliphatic rings. The molecule has 2 fully saturated rings. The summed E-state index contributed by atoms with van der Waals surface area (Å²) in [6, 6.07) is 2.76. The van der Waals surface area contributed by atoms with Crippen molar-refractivity contribution in [2.24, 2.45) is 0 Å². The molecule has 0 aliphatic heterocycles. The van der Waals surface area contributed by atoms with Crippen LogP contribution in [0.15, 0.2) is 6.20 Å². The molecule has 1 aromatic heterocycles. The molecule has 1 amide bonds. The van der Waals surface area contributed by atoms with Crippen LogP contribution in [0, 0.1) is 11.3 Å². The molecule has 4 N–H and O–H groups in total. The SMILES string of the molecule is CC(=O)N[C@H]1CC[C@H](Nc2ncc(C#N)c(N[C@@H]3CCC[C@@H](O)C3)n2)CC1. The van der Waals surface area contributed by atoms with Gasteiger partial charge in [-0.15, -0.1) is 0 Å². The highest BCUT2D eigenvalue weighted by Crippen LogP contribution is 2.25. The molecule has 2 aliphatic carbocycles. The largest absolute Gasteiger partial charge is 0.393 e. The van der Waals surface area contributed by atoms with Crippen LogP contribution in [0.1, 0.15) is 63.9 Å². The van der Waals surface area contributed by atoms with Crippen LogP contribution in [0.2, 0.25) is 0 Å². The first-order chi connectivity index (χ1) is 13.0. The Balaban J connectivity index is 1.60. The van der Waals surface area contributed by atoms with E-state index in [0.29, 0.717) is 23.8 Å². The first-order valence-corrected chi connectivity index (χ1v) is 9.79. The third kappa shape index (κ3) is 5.54. The molecule has 3 rings (SSSR count). The van der Waals surface area contributed by atoms with Crippen molar-refractivity contribution in [3.8, 4) is 6.07 Å². The molecule has 27 heavy (non-hydrogen) atoms. The first-order valence-electron chi connectivity index (χ1n) is 9.79. The predicted octanol–water partition coefficient (Wildman–Crippen LogP) is 1.92. The molecule has 2 saturated carbocycles. The Morgan fingerprint density at radius 3 is 2.56 bits per heavy atom. The summed E-state index contributed by atoms with van der Waals surface area (Å²) in [6.45, 7) is 1.55. The van der Waals surface area contributed by atoms with Gasteiger partial charge in [0.15, 0.2) is 0 Å². The summed E-state index contributed by atoms with van der Waals surface area (Å²) in [6.07, 6.45) is 8.41. The summed E-state index contributed by atoms with van der Waals surface area (Å²) in [5.41, 5.74) is 0.412. The van der Waals surface area contributed by atoms with Gasteiger partial charge < -0.3 is 21.1 Å². The number of amides is 1. The van der Waals surface area contributed by atoms with E-state index in [2.05, 4.69) is 32.0 Å². The fourth-order valence-corrected chi connectivity index (χ4v) is 3.98. The van der Waals surface area contributed by atoms with Crippen molar-refractivity contribution in [1.82, 2.24) is 15.3 Å². The summed E-state index contributed by atoms with van der Waals surface area (Å²) in [7, 11) is 0. The molecule has 0 aromatic carbocycles. The minimum atomic E-state index is -0.292. The minimum absolute atomic E-state index is 0.0189. The maximum atomic E-state index is 11.2. The molecule has 0 unspecified atom stereocenters. The van der Waals surface area contributed by atoms with E-state index in [1.165, 1.54) is 0 Å². The van der Waals surface area contributed by atoms with Gasteiger partial charge in [0.05, 0.1) is 12.3 Å². The van der Waals surface area contributed by atoms with Gasteiger partial charge in [-0.3, -0.25) is 4.79 Å². The lowest BCUT2D eigenvalue weighted by Crippen LogP contribution is -2.39. The lowest BCUT2D eigenvalue weighted by molar-refractivity contribution is -0.119. The molecule has 0 saturated heterocycles. The van der Waals surface area contributed by atoms with Crippen molar-refractivity contribution in [3.05, 3.63) is 11.8 Å². The van der Waals surface area contributed by atoms with Crippen molar-refractivity contribution >= 4 is 17.7 Å². The van der Waals surface area contributed by atoms with Crippen LogP contribution in [-0.2, 0) is 4.79 Å². The Hall–Kier alpha value is -2.40. The lowest BCUT2D eigenvalue weighted by atomic mass is 9.91. The van der Waals surface area contributed by atoms with E-state index in [1.54, 1.807) is 13.1 Å². The molecule has 0 bridgehead atoms. The zero-order valence-electron chi connectivity index (χ0n) is 15.7. The maximum Gasteiger partial charge on any atom is 0.224 e. The molecule has 8 heteroatoms. The zero-order valence-corrected chi connectivity index (χ0v) is 15.7. The van der Waals surface area contributed by atoms with Crippen LogP contribution in [0.4, 0.5) is 11.8 Å². The number of nitriles is 1. The van der Waals surface area contributed by atoms with E-state index >= 15 is 0 Å². The first kappa shape index (κ1) is 19.4. The van der Waals surface area contributed by atoms with Gasteiger partial charge >= 0.3 is 0 Å². The number of carbonyl (C=O) groups is 1. The van der Waals surface area contributed by atoms with E-state index < -0.39 is 0 Å². The smallest absolute Gasteiger partial charge is 0.224 e. The summed E-state index contributed by atoms with van der Waals surface area (Å²) < 4.78 is 0. The molecular formula is C19H28N6O2. The van der Waals surface area contributed by atoms with Gasteiger partial charge in [-0.2, -0.15) is 10.2 Å². The number of nitrogens with zero attached hydrogens (tertiary/aromatic N) is 3. The van der Waals surface area contributed by atoms with Gasteiger partial charge in [-0.1, -0.05) is 0 Å². The van der Waals surface area contributed by atoms with Crippen molar-refractivity contribution in [3.63, 3.8) is 0 Å². The average molecular weight is 372 g/mol. The quantitative estimate of drug-likeness (QED) is 0.622. The van der Waals surface area contributed by atoms with Crippen molar-refractivity contribution in [2.45, 2.75) is 82.5 Å². The van der Waals surface area contributed by atoms with Gasteiger partial charge in [0.2, 0.25) is 11.9 Å². The molecule has 1 aromatic rings. The Kier molecular flexibility index (Phi) is 6.45. The van der Waals surface area contributed by atoms with Gasteiger partial charge in [0, 0.05) is 25.0 Å². The van der Waals surface area contributed by atoms with Crippen LogP contribution in [0.5, 0.6) is 0 Å². The van der Waals surface area contributed by atoms with Gasteiger partial charge in [-0.25, -0.2) is 4.98 Å². The normalized spacial score (nSPS) is 28.0. The highest BCUT2D eigenvalue weighted by Gasteiger charge is 2.24. The molecule has 1 heterocycles. The Morgan fingerprint density at radius 2 is 1.89 bits per heavy atom. The van der Waals surface area contributed by atoms with E-state index in [4.69, 9.17) is 0 Å². The van der Waals surface area contributed by atoms with Gasteiger partial charge in [0.1, 0.15) is 17.5 Å². The monoisotopic (exact) mass is 372 g/mol. The van der Waals surface area contributed by atoms with Crippen molar-refractivity contribution in [1.29, 1.82) is 5.26 Å². The Bertz CT molecular complexity index is 696. The summed E-state index contributed by atoms with van der Waals surface area (Å²) in [5.74, 6) is 1.06. The number of rotatable bonds is 5. The fraction of sp³-hybridized carbons (Fsp3) is 0.684. The second kappa shape index (κ2) is 9.00. The fourth-order valence-electron chi connectivity index (χ4n) is 3.98. The maximum absolute atomic E-state index is 11.2. The van der Waals surface area contributed by atoms with E-state index in [-0.39, 0.29) is 30.1 Å².